The van der Waals surface area contributed by atoms with E-state index in [0.717, 1.165) is 12.6 Å². The van der Waals surface area contributed by atoms with Crippen LogP contribution in [0.4, 0.5) is 0 Å². The van der Waals surface area contributed by atoms with E-state index in [4.69, 9.17) is 5.11 Å². The molecular formula is C14H19NO. The molecule has 0 atom stereocenters. The number of benzene rings is 1. The van der Waals surface area contributed by atoms with E-state index in [1.807, 2.05) is 0 Å². The first-order valence-electron chi connectivity index (χ1n) is 6.28. The van der Waals surface area contributed by atoms with E-state index in [1.54, 1.807) is 0 Å². The van der Waals surface area contributed by atoms with Crippen LogP contribution in [0.3, 0.4) is 0 Å². The van der Waals surface area contributed by atoms with Crippen molar-refractivity contribution in [3.63, 3.8) is 0 Å². The molecule has 0 radical (unpaired) electrons. The number of nitrogens with zero attached hydrogens (tertiary/aromatic N) is 1. The third-order valence-electron chi connectivity index (χ3n) is 4.15. The smallest absolute Gasteiger partial charge is 0.0460 e. The van der Waals surface area contributed by atoms with Gasteiger partial charge in [0.25, 0.3) is 0 Å². The van der Waals surface area contributed by atoms with E-state index in [0.29, 0.717) is 12.5 Å². The van der Waals surface area contributed by atoms with Crippen molar-refractivity contribution >= 4 is 0 Å². The van der Waals surface area contributed by atoms with Crippen molar-refractivity contribution in [3.8, 4) is 0 Å². The Morgan fingerprint density at radius 3 is 2.69 bits per heavy atom. The first-order chi connectivity index (χ1) is 7.86. The summed E-state index contributed by atoms with van der Waals surface area (Å²) in [6.07, 6.45) is 3.58. The monoisotopic (exact) mass is 217 g/mol. The predicted octanol–water partition coefficient (Wildman–Crippen LogP) is 1.82. The van der Waals surface area contributed by atoms with Gasteiger partial charge in [-0.2, -0.15) is 0 Å². The molecule has 0 unspecified atom stereocenters. The maximum absolute atomic E-state index is 9.04. The molecule has 0 bridgehead atoms. The van der Waals surface area contributed by atoms with Gasteiger partial charge >= 0.3 is 0 Å². The highest BCUT2D eigenvalue weighted by Crippen LogP contribution is 2.34. The van der Waals surface area contributed by atoms with E-state index < -0.39 is 0 Å². The van der Waals surface area contributed by atoms with Crippen molar-refractivity contribution in [1.82, 2.24) is 4.90 Å². The second-order valence-electron chi connectivity index (χ2n) is 5.16. The number of fused-ring (bicyclic) bond motifs is 1. The Balaban J connectivity index is 1.65. The molecule has 0 spiro atoms. The van der Waals surface area contributed by atoms with Crippen LogP contribution in [0.5, 0.6) is 0 Å². The molecule has 0 saturated heterocycles. The third-order valence-corrected chi connectivity index (χ3v) is 4.15. The van der Waals surface area contributed by atoms with Gasteiger partial charge in [-0.1, -0.05) is 24.3 Å². The molecule has 1 heterocycles. The minimum atomic E-state index is 0.376. The normalized spacial score (nSPS) is 29.6. The largest absolute Gasteiger partial charge is 0.396 e. The number of aliphatic hydroxyl groups is 1. The van der Waals surface area contributed by atoms with Gasteiger partial charge in [-0.25, -0.2) is 0 Å². The summed E-state index contributed by atoms with van der Waals surface area (Å²) in [5.41, 5.74) is 3.03. The van der Waals surface area contributed by atoms with Crippen LogP contribution in [0.2, 0.25) is 0 Å². The standard InChI is InChI=1S/C14H19NO/c16-10-11-7-14(8-11)15-6-5-12-3-1-2-4-13(12)9-15/h1-4,11,14,16H,5-10H2. The van der Waals surface area contributed by atoms with Crippen LogP contribution in [0.15, 0.2) is 24.3 Å². The number of aliphatic hydroxyl groups excluding tert-OH is 1. The van der Waals surface area contributed by atoms with E-state index in [-0.39, 0.29) is 0 Å². The molecule has 0 aromatic heterocycles. The van der Waals surface area contributed by atoms with Crippen LogP contribution in [0, 0.1) is 5.92 Å². The average molecular weight is 217 g/mol. The predicted molar refractivity (Wildman–Crippen MR) is 64.2 cm³/mol. The lowest BCUT2D eigenvalue weighted by Crippen LogP contribution is -2.47. The number of hydrogen-bond donors (Lipinski definition) is 1. The maximum Gasteiger partial charge on any atom is 0.0460 e. The van der Waals surface area contributed by atoms with Gasteiger partial charge in [-0.05, 0) is 36.3 Å². The zero-order valence-corrected chi connectivity index (χ0v) is 9.60. The van der Waals surface area contributed by atoms with E-state index in [9.17, 15) is 0 Å². The molecule has 1 N–H and O–H groups in total. The summed E-state index contributed by atoms with van der Waals surface area (Å²) < 4.78 is 0. The third kappa shape index (κ3) is 1.76. The fourth-order valence-electron chi connectivity index (χ4n) is 2.98. The molecule has 1 aromatic rings. The molecule has 2 nitrogen and oxygen atoms in total. The highest BCUT2D eigenvalue weighted by Gasteiger charge is 2.34. The summed E-state index contributed by atoms with van der Waals surface area (Å²) >= 11 is 0. The quantitative estimate of drug-likeness (QED) is 0.816. The van der Waals surface area contributed by atoms with Crippen molar-refractivity contribution in [1.29, 1.82) is 0 Å². The maximum atomic E-state index is 9.04. The molecule has 3 rings (SSSR count). The van der Waals surface area contributed by atoms with Crippen molar-refractivity contribution in [3.05, 3.63) is 35.4 Å². The molecule has 1 saturated carbocycles. The Hall–Kier alpha value is -0.860. The zero-order valence-electron chi connectivity index (χ0n) is 9.60. The van der Waals surface area contributed by atoms with Crippen molar-refractivity contribution < 1.29 is 5.11 Å². The van der Waals surface area contributed by atoms with Crippen LogP contribution in [0.25, 0.3) is 0 Å². The lowest BCUT2D eigenvalue weighted by atomic mass is 9.79. The van der Waals surface area contributed by atoms with Crippen molar-refractivity contribution in [2.45, 2.75) is 31.8 Å². The van der Waals surface area contributed by atoms with Crippen LogP contribution in [-0.4, -0.2) is 29.2 Å². The fraction of sp³-hybridized carbons (Fsp3) is 0.571. The second-order valence-corrected chi connectivity index (χ2v) is 5.16. The van der Waals surface area contributed by atoms with Gasteiger partial charge in [0, 0.05) is 25.7 Å². The summed E-state index contributed by atoms with van der Waals surface area (Å²) in [6.45, 7) is 2.68. The van der Waals surface area contributed by atoms with Gasteiger partial charge in [0.05, 0.1) is 0 Å². The molecule has 86 valence electrons. The van der Waals surface area contributed by atoms with E-state index >= 15 is 0 Å². The highest BCUT2D eigenvalue weighted by atomic mass is 16.3. The molecular weight excluding hydrogens is 198 g/mol. The summed E-state index contributed by atoms with van der Waals surface area (Å²) in [5, 5.41) is 9.04. The molecule has 2 heteroatoms. The van der Waals surface area contributed by atoms with E-state index in [2.05, 4.69) is 29.2 Å². The van der Waals surface area contributed by atoms with Gasteiger partial charge < -0.3 is 5.11 Å². The number of rotatable bonds is 2. The molecule has 0 amide bonds. The Morgan fingerprint density at radius 2 is 1.94 bits per heavy atom. The van der Waals surface area contributed by atoms with Crippen LogP contribution >= 0.6 is 0 Å². The Kier molecular flexibility index (Phi) is 2.70. The highest BCUT2D eigenvalue weighted by molar-refractivity contribution is 5.29. The molecule has 1 aliphatic carbocycles. The topological polar surface area (TPSA) is 23.5 Å². The summed E-state index contributed by atoms with van der Waals surface area (Å²) in [4.78, 5) is 2.59. The van der Waals surface area contributed by atoms with Crippen LogP contribution in [0.1, 0.15) is 24.0 Å². The van der Waals surface area contributed by atoms with Gasteiger partial charge in [0.2, 0.25) is 0 Å². The Morgan fingerprint density at radius 1 is 1.19 bits per heavy atom. The SMILES string of the molecule is OCC1CC(N2CCc3ccccc3C2)C1. The van der Waals surface area contributed by atoms with Gasteiger partial charge in [0.1, 0.15) is 0 Å². The Labute approximate surface area is 96.9 Å². The van der Waals surface area contributed by atoms with Crippen molar-refractivity contribution in [2.75, 3.05) is 13.2 Å². The summed E-state index contributed by atoms with van der Waals surface area (Å²) in [6, 6.07) is 9.51. The zero-order chi connectivity index (χ0) is 11.0. The summed E-state index contributed by atoms with van der Waals surface area (Å²) in [7, 11) is 0. The van der Waals surface area contributed by atoms with Crippen LogP contribution < -0.4 is 0 Å². The molecule has 1 aromatic carbocycles. The molecule has 16 heavy (non-hydrogen) atoms. The minimum absolute atomic E-state index is 0.376. The van der Waals surface area contributed by atoms with Gasteiger partial charge in [-0.15, -0.1) is 0 Å². The lowest BCUT2D eigenvalue weighted by molar-refractivity contribution is 0.0373. The second kappa shape index (κ2) is 4.19. The molecule has 1 aliphatic heterocycles. The van der Waals surface area contributed by atoms with Gasteiger partial charge in [0.15, 0.2) is 0 Å². The van der Waals surface area contributed by atoms with Crippen molar-refractivity contribution in [2.24, 2.45) is 5.92 Å². The first-order valence-corrected chi connectivity index (χ1v) is 6.28. The van der Waals surface area contributed by atoms with E-state index in [1.165, 1.54) is 36.9 Å². The average Bonchev–Trinajstić information content (AvgIpc) is 2.27. The Bertz CT molecular complexity index is 371. The van der Waals surface area contributed by atoms with Gasteiger partial charge in [-0.3, -0.25) is 4.90 Å². The minimum Gasteiger partial charge on any atom is -0.396 e. The number of hydrogen-bond acceptors (Lipinski definition) is 2. The first kappa shape index (κ1) is 10.3. The summed E-state index contributed by atoms with van der Waals surface area (Å²) in [5.74, 6) is 0.571. The van der Waals surface area contributed by atoms with Crippen LogP contribution in [-0.2, 0) is 13.0 Å². The fourth-order valence-corrected chi connectivity index (χ4v) is 2.98. The lowest BCUT2D eigenvalue weighted by Gasteiger charge is -2.44. The molecule has 2 aliphatic rings. The molecule has 1 fully saturated rings.